The highest BCUT2D eigenvalue weighted by molar-refractivity contribution is 5.72. The van der Waals surface area contributed by atoms with Gasteiger partial charge in [0.25, 0.3) is 0 Å². The quantitative estimate of drug-likeness (QED) is 0.654. The lowest BCUT2D eigenvalue weighted by Crippen LogP contribution is -2.28. The third-order valence-electron chi connectivity index (χ3n) is 2.00. The van der Waals surface area contributed by atoms with E-state index in [1.807, 2.05) is 13.8 Å². The Morgan fingerprint density at radius 2 is 1.92 bits per heavy atom. The van der Waals surface area contributed by atoms with Crippen LogP contribution in [0.1, 0.15) is 34.1 Å². The van der Waals surface area contributed by atoms with Crippen molar-refractivity contribution in [2.75, 3.05) is 0 Å². The summed E-state index contributed by atoms with van der Waals surface area (Å²) in [5.41, 5.74) is 0. The SMILES string of the molecule is CCC(C)C(=O)OC(C)C(C)O. The van der Waals surface area contributed by atoms with E-state index in [4.69, 9.17) is 9.84 Å². The van der Waals surface area contributed by atoms with E-state index in [0.717, 1.165) is 6.42 Å². The fraction of sp³-hybridized carbons (Fsp3) is 0.889. The van der Waals surface area contributed by atoms with E-state index in [9.17, 15) is 4.79 Å². The normalized spacial score (nSPS) is 18.1. The second-order valence-electron chi connectivity index (χ2n) is 3.19. The molecule has 0 aliphatic heterocycles. The Hall–Kier alpha value is -0.570. The molecule has 0 aromatic heterocycles. The lowest BCUT2D eigenvalue weighted by Gasteiger charge is -2.17. The summed E-state index contributed by atoms with van der Waals surface area (Å²) < 4.78 is 4.98. The van der Waals surface area contributed by atoms with E-state index in [1.165, 1.54) is 0 Å². The van der Waals surface area contributed by atoms with Gasteiger partial charge in [0.05, 0.1) is 12.0 Å². The molecule has 3 unspecified atom stereocenters. The van der Waals surface area contributed by atoms with Gasteiger partial charge in [0.1, 0.15) is 6.10 Å². The second-order valence-corrected chi connectivity index (χ2v) is 3.19. The molecule has 72 valence electrons. The summed E-state index contributed by atoms with van der Waals surface area (Å²) in [7, 11) is 0. The summed E-state index contributed by atoms with van der Waals surface area (Å²) in [6.07, 6.45) is -0.241. The third kappa shape index (κ3) is 3.72. The molecule has 1 N–H and O–H groups in total. The second kappa shape index (κ2) is 5.14. The number of hydrogen-bond donors (Lipinski definition) is 1. The molecule has 0 saturated heterocycles. The molecule has 0 amide bonds. The highest BCUT2D eigenvalue weighted by Gasteiger charge is 2.18. The van der Waals surface area contributed by atoms with Crippen molar-refractivity contribution in [3.8, 4) is 0 Å². The molecule has 0 radical (unpaired) electrons. The first-order valence-corrected chi connectivity index (χ1v) is 4.37. The molecular formula is C9H18O3. The van der Waals surface area contributed by atoms with Crippen LogP contribution >= 0.6 is 0 Å². The Bertz CT molecular complexity index is 143. The molecule has 0 bridgehead atoms. The summed E-state index contributed by atoms with van der Waals surface area (Å²) >= 11 is 0. The molecular weight excluding hydrogens is 156 g/mol. The molecule has 0 heterocycles. The number of esters is 1. The van der Waals surface area contributed by atoms with Gasteiger partial charge in [0.15, 0.2) is 0 Å². The van der Waals surface area contributed by atoms with Gasteiger partial charge < -0.3 is 9.84 Å². The number of ether oxygens (including phenoxy) is 1. The van der Waals surface area contributed by atoms with Gasteiger partial charge in [-0.2, -0.15) is 0 Å². The minimum absolute atomic E-state index is 0.0776. The molecule has 12 heavy (non-hydrogen) atoms. The van der Waals surface area contributed by atoms with Crippen molar-refractivity contribution in [1.29, 1.82) is 0 Å². The Kier molecular flexibility index (Phi) is 4.90. The standard InChI is InChI=1S/C9H18O3/c1-5-6(2)9(11)12-8(4)7(3)10/h6-8,10H,5H2,1-4H3. The van der Waals surface area contributed by atoms with E-state index in [2.05, 4.69) is 0 Å². The highest BCUT2D eigenvalue weighted by Crippen LogP contribution is 2.07. The first-order chi connectivity index (χ1) is 5.49. The molecule has 0 rings (SSSR count). The number of hydrogen-bond acceptors (Lipinski definition) is 3. The predicted octanol–water partition coefficient (Wildman–Crippen LogP) is 1.34. The smallest absolute Gasteiger partial charge is 0.308 e. The van der Waals surface area contributed by atoms with Crippen molar-refractivity contribution in [2.24, 2.45) is 5.92 Å². The van der Waals surface area contributed by atoms with Gasteiger partial charge in [-0.1, -0.05) is 13.8 Å². The van der Waals surface area contributed by atoms with Gasteiger partial charge in [0, 0.05) is 0 Å². The van der Waals surface area contributed by atoms with Crippen molar-refractivity contribution in [3.05, 3.63) is 0 Å². The Morgan fingerprint density at radius 3 is 2.25 bits per heavy atom. The minimum atomic E-state index is -0.599. The predicted molar refractivity (Wildman–Crippen MR) is 46.7 cm³/mol. The molecule has 0 aromatic carbocycles. The van der Waals surface area contributed by atoms with Gasteiger partial charge in [-0.3, -0.25) is 4.79 Å². The Labute approximate surface area is 73.7 Å². The molecule has 0 aliphatic carbocycles. The average Bonchev–Trinajstić information content (AvgIpc) is 2.02. The number of aliphatic hydroxyl groups is 1. The van der Waals surface area contributed by atoms with Crippen LogP contribution in [0.3, 0.4) is 0 Å². The summed E-state index contributed by atoms with van der Waals surface area (Å²) in [5.74, 6) is -0.308. The first kappa shape index (κ1) is 11.4. The highest BCUT2D eigenvalue weighted by atomic mass is 16.6. The Morgan fingerprint density at radius 1 is 1.42 bits per heavy atom. The van der Waals surface area contributed by atoms with Gasteiger partial charge in [-0.05, 0) is 20.3 Å². The summed E-state index contributed by atoms with van der Waals surface area (Å²) in [6, 6.07) is 0. The molecule has 3 nitrogen and oxygen atoms in total. The molecule has 3 atom stereocenters. The molecule has 0 spiro atoms. The fourth-order valence-corrected chi connectivity index (χ4v) is 0.565. The van der Waals surface area contributed by atoms with Crippen LogP contribution in [0.25, 0.3) is 0 Å². The van der Waals surface area contributed by atoms with Crippen LogP contribution in [0, 0.1) is 5.92 Å². The summed E-state index contributed by atoms with van der Waals surface area (Å²) in [6.45, 7) is 7.04. The van der Waals surface area contributed by atoms with Crippen LogP contribution in [0.15, 0.2) is 0 Å². The maximum absolute atomic E-state index is 11.2. The average molecular weight is 174 g/mol. The minimum Gasteiger partial charge on any atom is -0.460 e. The fourth-order valence-electron chi connectivity index (χ4n) is 0.565. The molecule has 0 saturated carbocycles. The van der Waals surface area contributed by atoms with Crippen molar-refractivity contribution in [1.82, 2.24) is 0 Å². The maximum Gasteiger partial charge on any atom is 0.308 e. The number of carbonyl (C=O) groups is 1. The zero-order chi connectivity index (χ0) is 9.72. The largest absolute Gasteiger partial charge is 0.460 e. The molecule has 0 aromatic rings. The van der Waals surface area contributed by atoms with Gasteiger partial charge >= 0.3 is 5.97 Å². The monoisotopic (exact) mass is 174 g/mol. The van der Waals surface area contributed by atoms with Crippen LogP contribution < -0.4 is 0 Å². The number of aliphatic hydroxyl groups excluding tert-OH is 1. The number of rotatable bonds is 4. The first-order valence-electron chi connectivity index (χ1n) is 4.37. The van der Waals surface area contributed by atoms with Crippen molar-refractivity contribution in [3.63, 3.8) is 0 Å². The zero-order valence-electron chi connectivity index (χ0n) is 8.20. The zero-order valence-corrected chi connectivity index (χ0v) is 8.20. The maximum atomic E-state index is 11.2. The van der Waals surface area contributed by atoms with E-state index < -0.39 is 12.2 Å². The van der Waals surface area contributed by atoms with Crippen molar-refractivity contribution >= 4 is 5.97 Å². The lowest BCUT2D eigenvalue weighted by molar-refractivity contribution is -0.157. The van der Waals surface area contributed by atoms with Crippen molar-refractivity contribution < 1.29 is 14.6 Å². The lowest BCUT2D eigenvalue weighted by atomic mass is 10.1. The van der Waals surface area contributed by atoms with Gasteiger partial charge in [0.2, 0.25) is 0 Å². The summed E-state index contributed by atoms with van der Waals surface area (Å²) in [4.78, 5) is 11.2. The van der Waals surface area contributed by atoms with Crippen LogP contribution in [0.2, 0.25) is 0 Å². The van der Waals surface area contributed by atoms with Crippen LogP contribution in [0.4, 0.5) is 0 Å². The van der Waals surface area contributed by atoms with Crippen LogP contribution in [-0.4, -0.2) is 23.3 Å². The molecule has 3 heteroatoms. The van der Waals surface area contributed by atoms with Gasteiger partial charge in [-0.15, -0.1) is 0 Å². The third-order valence-corrected chi connectivity index (χ3v) is 2.00. The van der Waals surface area contributed by atoms with E-state index in [1.54, 1.807) is 13.8 Å². The summed E-state index contributed by atoms with van der Waals surface area (Å²) in [5, 5.41) is 9.05. The van der Waals surface area contributed by atoms with E-state index in [0.29, 0.717) is 0 Å². The van der Waals surface area contributed by atoms with E-state index >= 15 is 0 Å². The van der Waals surface area contributed by atoms with Gasteiger partial charge in [-0.25, -0.2) is 0 Å². The van der Waals surface area contributed by atoms with Crippen LogP contribution in [-0.2, 0) is 9.53 Å². The Balaban J connectivity index is 3.84. The molecule has 0 fully saturated rings. The van der Waals surface area contributed by atoms with E-state index in [-0.39, 0.29) is 11.9 Å². The number of carbonyl (C=O) groups excluding carboxylic acids is 1. The van der Waals surface area contributed by atoms with Crippen LogP contribution in [0.5, 0.6) is 0 Å². The topological polar surface area (TPSA) is 46.5 Å². The molecule has 0 aliphatic rings. The van der Waals surface area contributed by atoms with Crippen molar-refractivity contribution in [2.45, 2.75) is 46.3 Å².